The molecule has 1 amide bonds. The highest BCUT2D eigenvalue weighted by Crippen LogP contribution is 2.32. The number of nitrogens with zero attached hydrogens (tertiary/aromatic N) is 1. The number of ketones is 1. The maximum Gasteiger partial charge on any atom is 0.256 e. The fourth-order valence-corrected chi connectivity index (χ4v) is 2.33. The van der Waals surface area contributed by atoms with Crippen LogP contribution in [0.5, 0.6) is 0 Å². The highest BCUT2D eigenvalue weighted by molar-refractivity contribution is 6.00. The van der Waals surface area contributed by atoms with Crippen molar-refractivity contribution in [1.29, 1.82) is 0 Å². The van der Waals surface area contributed by atoms with Gasteiger partial charge in [0, 0.05) is 17.7 Å². The Hall–Kier alpha value is -1.68. The second kappa shape index (κ2) is 3.67. The van der Waals surface area contributed by atoms with Crippen molar-refractivity contribution in [3.05, 3.63) is 29.8 Å². The molecule has 17 heavy (non-hydrogen) atoms. The van der Waals surface area contributed by atoms with E-state index in [0.717, 1.165) is 12.1 Å². The molecule has 3 heterocycles. The number of hydrogen-bond donors (Lipinski definition) is 0. The summed E-state index contributed by atoms with van der Waals surface area (Å²) < 4.78 is 5.36. The van der Waals surface area contributed by atoms with Gasteiger partial charge in [0.1, 0.15) is 6.10 Å². The molecule has 2 bridgehead atoms. The van der Waals surface area contributed by atoms with Crippen LogP contribution in [0.3, 0.4) is 0 Å². The number of anilines is 1. The second-order valence-corrected chi connectivity index (χ2v) is 4.54. The van der Waals surface area contributed by atoms with Crippen molar-refractivity contribution < 1.29 is 14.3 Å². The lowest BCUT2D eigenvalue weighted by Gasteiger charge is -2.46. The Labute approximate surface area is 99.2 Å². The molecule has 0 aliphatic carbocycles. The van der Waals surface area contributed by atoms with Crippen molar-refractivity contribution >= 4 is 17.4 Å². The maximum atomic E-state index is 12.0. The molecule has 4 rings (SSSR count). The zero-order valence-corrected chi connectivity index (χ0v) is 9.55. The summed E-state index contributed by atoms with van der Waals surface area (Å²) in [5, 5.41) is 0. The van der Waals surface area contributed by atoms with Gasteiger partial charge in [-0.15, -0.1) is 0 Å². The molecule has 3 saturated heterocycles. The molecule has 3 aliphatic rings. The predicted molar refractivity (Wildman–Crippen MR) is 62.1 cm³/mol. The molecule has 0 aromatic heterocycles. The van der Waals surface area contributed by atoms with E-state index >= 15 is 0 Å². The molecule has 2 unspecified atom stereocenters. The molecule has 0 spiro atoms. The van der Waals surface area contributed by atoms with Crippen molar-refractivity contribution in [2.75, 3.05) is 11.4 Å². The third-order valence-electron chi connectivity index (χ3n) is 3.33. The minimum absolute atomic E-state index is 0.00759. The van der Waals surface area contributed by atoms with Crippen molar-refractivity contribution in [1.82, 2.24) is 0 Å². The van der Waals surface area contributed by atoms with Gasteiger partial charge < -0.3 is 9.64 Å². The number of carbonyl (C=O) groups excluding carboxylic acids is 2. The van der Waals surface area contributed by atoms with Gasteiger partial charge in [-0.25, -0.2) is 0 Å². The first-order chi connectivity index (χ1) is 8.15. The molecule has 0 radical (unpaired) electrons. The molecule has 0 N–H and O–H groups in total. The summed E-state index contributed by atoms with van der Waals surface area (Å²) in [6.07, 6.45) is 0.732. The average molecular weight is 231 g/mol. The van der Waals surface area contributed by atoms with Crippen LogP contribution in [-0.4, -0.2) is 30.4 Å². The molecule has 1 aromatic carbocycles. The van der Waals surface area contributed by atoms with Crippen molar-refractivity contribution in [3.63, 3.8) is 0 Å². The van der Waals surface area contributed by atoms with Crippen LogP contribution in [0, 0.1) is 0 Å². The highest BCUT2D eigenvalue weighted by Gasteiger charge is 2.45. The SMILES string of the molecule is CC(=O)c1cccc(N2CC3CC(O3)C2=O)c1. The summed E-state index contributed by atoms with van der Waals surface area (Å²) >= 11 is 0. The molecule has 4 heteroatoms. The van der Waals surface area contributed by atoms with E-state index in [0.29, 0.717) is 12.1 Å². The minimum Gasteiger partial charge on any atom is -0.363 e. The fourth-order valence-electron chi connectivity index (χ4n) is 2.33. The van der Waals surface area contributed by atoms with Gasteiger partial charge in [0.2, 0.25) is 0 Å². The Bertz CT molecular complexity index is 491. The van der Waals surface area contributed by atoms with E-state index in [9.17, 15) is 9.59 Å². The standard InChI is InChI=1S/C13H13NO3/c1-8(15)9-3-2-4-10(5-9)14-7-11-6-12(17-11)13(14)16/h2-5,11-12H,6-7H2,1H3. The fraction of sp³-hybridized carbons (Fsp3) is 0.385. The van der Waals surface area contributed by atoms with E-state index in [4.69, 9.17) is 4.74 Å². The van der Waals surface area contributed by atoms with Crippen LogP contribution >= 0.6 is 0 Å². The minimum atomic E-state index is -0.269. The van der Waals surface area contributed by atoms with Gasteiger partial charge in [-0.1, -0.05) is 12.1 Å². The van der Waals surface area contributed by atoms with Crippen LogP contribution in [0.15, 0.2) is 24.3 Å². The normalized spacial score (nSPS) is 26.6. The van der Waals surface area contributed by atoms with E-state index < -0.39 is 0 Å². The molecule has 3 fully saturated rings. The Kier molecular flexibility index (Phi) is 2.26. The summed E-state index contributed by atoms with van der Waals surface area (Å²) in [4.78, 5) is 25.0. The molecule has 88 valence electrons. The first-order valence-electron chi connectivity index (χ1n) is 5.73. The quantitative estimate of drug-likeness (QED) is 0.723. The Morgan fingerprint density at radius 3 is 2.88 bits per heavy atom. The van der Waals surface area contributed by atoms with Gasteiger partial charge >= 0.3 is 0 Å². The van der Waals surface area contributed by atoms with Crippen LogP contribution in [0.2, 0.25) is 0 Å². The lowest BCUT2D eigenvalue weighted by molar-refractivity contribution is -0.169. The number of rotatable bonds is 2. The number of Topliss-reactive ketones (excluding diaryl/α,β-unsaturated/α-hetero) is 1. The maximum absolute atomic E-state index is 12.0. The lowest BCUT2D eigenvalue weighted by Crippen LogP contribution is -2.61. The number of amides is 1. The number of benzene rings is 1. The van der Waals surface area contributed by atoms with Gasteiger partial charge in [-0.2, -0.15) is 0 Å². The summed E-state index contributed by atoms with van der Waals surface area (Å²) in [6.45, 7) is 2.12. The average Bonchev–Trinajstić information content (AvgIpc) is 2.27. The molecule has 4 nitrogen and oxygen atoms in total. The van der Waals surface area contributed by atoms with Gasteiger partial charge in [0.25, 0.3) is 5.91 Å². The van der Waals surface area contributed by atoms with E-state index in [1.54, 1.807) is 23.1 Å². The molecule has 1 aromatic rings. The molecule has 3 aliphatic heterocycles. The molecule has 0 saturated carbocycles. The Morgan fingerprint density at radius 2 is 2.24 bits per heavy atom. The number of fused-ring (bicyclic) bond motifs is 2. The molecular weight excluding hydrogens is 218 g/mol. The van der Waals surface area contributed by atoms with Gasteiger partial charge in [-0.05, 0) is 19.1 Å². The van der Waals surface area contributed by atoms with Gasteiger partial charge in [0.15, 0.2) is 5.78 Å². The molecular formula is C13H13NO3. The zero-order valence-electron chi connectivity index (χ0n) is 9.55. The number of hydrogen-bond acceptors (Lipinski definition) is 3. The third-order valence-corrected chi connectivity index (χ3v) is 3.33. The second-order valence-electron chi connectivity index (χ2n) is 4.54. The lowest BCUT2D eigenvalue weighted by atomic mass is 9.97. The number of piperidine rings is 1. The monoisotopic (exact) mass is 231 g/mol. The van der Waals surface area contributed by atoms with E-state index in [-0.39, 0.29) is 23.9 Å². The van der Waals surface area contributed by atoms with E-state index in [1.807, 2.05) is 6.07 Å². The zero-order chi connectivity index (χ0) is 12.0. The van der Waals surface area contributed by atoms with E-state index in [2.05, 4.69) is 0 Å². The van der Waals surface area contributed by atoms with Crippen molar-refractivity contribution in [3.8, 4) is 0 Å². The number of carbonyl (C=O) groups is 2. The first-order valence-corrected chi connectivity index (χ1v) is 5.73. The number of morpholine rings is 1. The van der Waals surface area contributed by atoms with Crippen LogP contribution in [0.25, 0.3) is 0 Å². The van der Waals surface area contributed by atoms with Crippen LogP contribution < -0.4 is 4.90 Å². The molecule has 2 atom stereocenters. The largest absolute Gasteiger partial charge is 0.363 e. The van der Waals surface area contributed by atoms with Gasteiger partial charge in [-0.3, -0.25) is 9.59 Å². The summed E-state index contributed by atoms with van der Waals surface area (Å²) in [7, 11) is 0. The van der Waals surface area contributed by atoms with Crippen molar-refractivity contribution in [2.45, 2.75) is 25.6 Å². The summed E-state index contributed by atoms with van der Waals surface area (Å²) in [5.74, 6) is 0.0194. The summed E-state index contributed by atoms with van der Waals surface area (Å²) in [5.41, 5.74) is 1.43. The van der Waals surface area contributed by atoms with Crippen LogP contribution in [-0.2, 0) is 9.53 Å². The Balaban J connectivity index is 1.91. The van der Waals surface area contributed by atoms with Crippen LogP contribution in [0.1, 0.15) is 23.7 Å². The topological polar surface area (TPSA) is 46.6 Å². The van der Waals surface area contributed by atoms with Crippen molar-refractivity contribution in [2.24, 2.45) is 0 Å². The number of ether oxygens (including phenoxy) is 1. The predicted octanol–water partition coefficient (Wildman–Crippen LogP) is 1.39. The third kappa shape index (κ3) is 1.65. The highest BCUT2D eigenvalue weighted by atomic mass is 16.5. The first kappa shape index (κ1) is 10.5. The van der Waals surface area contributed by atoms with E-state index in [1.165, 1.54) is 6.92 Å². The Morgan fingerprint density at radius 1 is 1.47 bits per heavy atom. The van der Waals surface area contributed by atoms with Gasteiger partial charge in [0.05, 0.1) is 12.6 Å². The smallest absolute Gasteiger partial charge is 0.256 e. The summed E-state index contributed by atoms with van der Waals surface area (Å²) in [6, 6.07) is 7.19. The van der Waals surface area contributed by atoms with Crippen LogP contribution in [0.4, 0.5) is 5.69 Å².